The summed E-state index contributed by atoms with van der Waals surface area (Å²) in [6, 6.07) is 8.39. The third-order valence-corrected chi connectivity index (χ3v) is 4.41. The molecule has 0 aromatic heterocycles. The number of ether oxygens (including phenoxy) is 1. The minimum Gasteiger partial charge on any atom is -0.494 e. The van der Waals surface area contributed by atoms with Crippen LogP contribution in [0.4, 0.5) is 0 Å². The Balaban J connectivity index is 0.00000264. The molecule has 1 aliphatic rings. The minimum absolute atomic E-state index is 0. The molecule has 0 aliphatic heterocycles. The molecule has 0 heterocycles. The van der Waals surface area contributed by atoms with E-state index >= 15 is 0 Å². The van der Waals surface area contributed by atoms with E-state index in [-0.39, 0.29) is 30.3 Å². The number of benzene rings is 1. The highest BCUT2D eigenvalue weighted by molar-refractivity contribution is 5.85. The maximum Gasteiger partial charge on any atom is 0.225 e. The Morgan fingerprint density at radius 1 is 1.39 bits per heavy atom. The predicted octanol–water partition coefficient (Wildman–Crippen LogP) is 3.03. The van der Waals surface area contributed by atoms with Crippen molar-refractivity contribution in [2.45, 2.75) is 45.1 Å². The molecule has 0 spiro atoms. The molecule has 2 N–H and O–H groups in total. The Morgan fingerprint density at radius 2 is 2.17 bits per heavy atom. The summed E-state index contributed by atoms with van der Waals surface area (Å²) in [5.41, 5.74) is 7.16. The maximum absolute atomic E-state index is 12.3. The van der Waals surface area contributed by atoms with Crippen LogP contribution in [0.25, 0.3) is 0 Å². The van der Waals surface area contributed by atoms with Crippen LogP contribution in [0.15, 0.2) is 24.3 Å². The lowest BCUT2D eigenvalue weighted by molar-refractivity contribution is -0.134. The van der Waals surface area contributed by atoms with E-state index in [2.05, 4.69) is 19.1 Å². The quantitative estimate of drug-likeness (QED) is 0.776. The first-order chi connectivity index (χ1) is 10.6. The van der Waals surface area contributed by atoms with Crippen molar-refractivity contribution in [3.63, 3.8) is 0 Å². The molecule has 2 rings (SSSR count). The number of hydrogen-bond acceptors (Lipinski definition) is 3. The van der Waals surface area contributed by atoms with E-state index in [0.29, 0.717) is 6.61 Å². The first-order valence-corrected chi connectivity index (χ1v) is 8.32. The SMILES string of the molecule is CCc1cccc(OCCCN(C)C(=O)[C@H]2CC[C@@H](N)C2)c1.Cl. The number of hydrogen-bond donors (Lipinski definition) is 1. The summed E-state index contributed by atoms with van der Waals surface area (Å²) in [5.74, 6) is 1.28. The number of nitrogens with two attached hydrogens (primary N) is 1. The highest BCUT2D eigenvalue weighted by Gasteiger charge is 2.29. The number of aryl methyl sites for hydroxylation is 1. The summed E-state index contributed by atoms with van der Waals surface area (Å²) in [4.78, 5) is 14.1. The van der Waals surface area contributed by atoms with Gasteiger partial charge in [0.1, 0.15) is 5.75 Å². The van der Waals surface area contributed by atoms with Crippen LogP contribution in [-0.2, 0) is 11.2 Å². The molecule has 1 fully saturated rings. The van der Waals surface area contributed by atoms with E-state index in [0.717, 1.165) is 44.4 Å². The van der Waals surface area contributed by atoms with Gasteiger partial charge in [0.2, 0.25) is 5.91 Å². The van der Waals surface area contributed by atoms with E-state index < -0.39 is 0 Å². The molecule has 5 heteroatoms. The fraction of sp³-hybridized carbons (Fsp3) is 0.611. The van der Waals surface area contributed by atoms with Gasteiger partial charge in [-0.1, -0.05) is 19.1 Å². The van der Waals surface area contributed by atoms with Crippen LogP contribution in [0.1, 0.15) is 38.2 Å². The Bertz CT molecular complexity index is 496. The zero-order valence-corrected chi connectivity index (χ0v) is 15.0. The van der Waals surface area contributed by atoms with Crippen LogP contribution < -0.4 is 10.5 Å². The number of carbonyl (C=O) groups is 1. The average Bonchev–Trinajstić information content (AvgIpc) is 2.97. The smallest absolute Gasteiger partial charge is 0.225 e. The van der Waals surface area contributed by atoms with Crippen LogP contribution in [0.3, 0.4) is 0 Å². The summed E-state index contributed by atoms with van der Waals surface area (Å²) < 4.78 is 5.76. The largest absolute Gasteiger partial charge is 0.494 e. The van der Waals surface area contributed by atoms with Crippen molar-refractivity contribution in [1.82, 2.24) is 4.90 Å². The number of rotatable bonds is 7. The Hall–Kier alpha value is -1.26. The topological polar surface area (TPSA) is 55.6 Å². The van der Waals surface area contributed by atoms with E-state index in [4.69, 9.17) is 10.5 Å². The predicted molar refractivity (Wildman–Crippen MR) is 96.1 cm³/mol. The minimum atomic E-state index is 0. The molecule has 0 unspecified atom stereocenters. The van der Waals surface area contributed by atoms with Gasteiger partial charge in [0, 0.05) is 25.6 Å². The first kappa shape index (κ1) is 19.8. The number of amides is 1. The van der Waals surface area contributed by atoms with Gasteiger partial charge >= 0.3 is 0 Å². The van der Waals surface area contributed by atoms with Crippen LogP contribution in [0, 0.1) is 5.92 Å². The van der Waals surface area contributed by atoms with Crippen LogP contribution >= 0.6 is 12.4 Å². The fourth-order valence-corrected chi connectivity index (χ4v) is 3.01. The standard InChI is InChI=1S/C18H28N2O2.ClH/c1-3-14-6-4-7-17(12-14)22-11-5-10-20(2)18(21)15-8-9-16(19)13-15;/h4,6-7,12,15-16H,3,5,8-11,13,19H2,1-2H3;1H/t15-,16+;/m0./s1. The van der Waals surface area contributed by atoms with E-state index in [1.165, 1.54) is 5.56 Å². The third kappa shape index (κ3) is 6.04. The molecule has 2 atom stereocenters. The van der Waals surface area contributed by atoms with Gasteiger partial charge in [-0.3, -0.25) is 4.79 Å². The molecule has 1 aromatic rings. The molecule has 4 nitrogen and oxygen atoms in total. The number of nitrogens with zero attached hydrogens (tertiary/aromatic N) is 1. The Morgan fingerprint density at radius 3 is 2.83 bits per heavy atom. The second-order valence-electron chi connectivity index (χ2n) is 6.23. The van der Waals surface area contributed by atoms with Crippen molar-refractivity contribution in [2.75, 3.05) is 20.2 Å². The van der Waals surface area contributed by atoms with Gasteiger partial charge in [-0.2, -0.15) is 0 Å². The lowest BCUT2D eigenvalue weighted by Crippen LogP contribution is -2.33. The highest BCUT2D eigenvalue weighted by Crippen LogP contribution is 2.25. The summed E-state index contributed by atoms with van der Waals surface area (Å²) in [5, 5.41) is 0. The molecule has 1 amide bonds. The average molecular weight is 341 g/mol. The molecular formula is C18H29ClN2O2. The lowest BCUT2D eigenvalue weighted by atomic mass is 10.1. The molecule has 23 heavy (non-hydrogen) atoms. The normalized spacial score (nSPS) is 20.0. The van der Waals surface area contributed by atoms with Gasteiger partial charge in [0.15, 0.2) is 0 Å². The van der Waals surface area contributed by atoms with Crippen molar-refractivity contribution >= 4 is 18.3 Å². The zero-order chi connectivity index (χ0) is 15.9. The molecule has 0 radical (unpaired) electrons. The summed E-state index contributed by atoms with van der Waals surface area (Å²) in [7, 11) is 1.88. The molecule has 1 aliphatic carbocycles. The van der Waals surface area contributed by atoms with Gasteiger partial charge in [-0.05, 0) is 49.8 Å². The fourth-order valence-electron chi connectivity index (χ4n) is 3.01. The highest BCUT2D eigenvalue weighted by atomic mass is 35.5. The summed E-state index contributed by atoms with van der Waals surface area (Å²) in [6.45, 7) is 3.50. The molecule has 1 aromatic carbocycles. The van der Waals surface area contributed by atoms with Crippen molar-refractivity contribution < 1.29 is 9.53 Å². The second-order valence-corrected chi connectivity index (χ2v) is 6.23. The van der Waals surface area contributed by atoms with Gasteiger partial charge in [-0.25, -0.2) is 0 Å². The van der Waals surface area contributed by atoms with E-state index in [1.54, 1.807) is 0 Å². The van der Waals surface area contributed by atoms with Crippen molar-refractivity contribution in [3.8, 4) is 5.75 Å². The molecular weight excluding hydrogens is 312 g/mol. The summed E-state index contributed by atoms with van der Waals surface area (Å²) >= 11 is 0. The Kier molecular flexibility index (Phi) is 8.42. The number of carbonyl (C=O) groups excluding carboxylic acids is 1. The molecule has 1 saturated carbocycles. The van der Waals surface area contributed by atoms with Gasteiger partial charge in [0.05, 0.1) is 6.61 Å². The maximum atomic E-state index is 12.3. The van der Waals surface area contributed by atoms with Gasteiger partial charge in [0.25, 0.3) is 0 Å². The van der Waals surface area contributed by atoms with E-state index in [9.17, 15) is 4.79 Å². The van der Waals surface area contributed by atoms with Gasteiger partial charge in [-0.15, -0.1) is 12.4 Å². The first-order valence-electron chi connectivity index (χ1n) is 8.32. The molecule has 130 valence electrons. The van der Waals surface area contributed by atoms with Crippen molar-refractivity contribution in [2.24, 2.45) is 11.7 Å². The zero-order valence-electron chi connectivity index (χ0n) is 14.2. The van der Waals surface area contributed by atoms with Crippen LogP contribution in [0.2, 0.25) is 0 Å². The van der Waals surface area contributed by atoms with Crippen LogP contribution in [-0.4, -0.2) is 37.0 Å². The van der Waals surface area contributed by atoms with Crippen molar-refractivity contribution in [1.29, 1.82) is 0 Å². The molecule has 0 bridgehead atoms. The Labute approximate surface area is 145 Å². The van der Waals surface area contributed by atoms with Gasteiger partial charge < -0.3 is 15.4 Å². The van der Waals surface area contributed by atoms with E-state index in [1.807, 2.05) is 24.1 Å². The lowest BCUT2D eigenvalue weighted by Gasteiger charge is -2.21. The number of halogens is 1. The third-order valence-electron chi connectivity index (χ3n) is 4.41. The van der Waals surface area contributed by atoms with Crippen LogP contribution in [0.5, 0.6) is 5.75 Å². The van der Waals surface area contributed by atoms with Crippen molar-refractivity contribution in [3.05, 3.63) is 29.8 Å². The second kappa shape index (κ2) is 9.78. The molecule has 0 saturated heterocycles. The summed E-state index contributed by atoms with van der Waals surface area (Å²) in [6.07, 6.45) is 4.60. The monoisotopic (exact) mass is 340 g/mol.